The van der Waals surface area contributed by atoms with Crippen LogP contribution in [0.5, 0.6) is 11.5 Å². The van der Waals surface area contributed by atoms with E-state index in [1.165, 1.54) is 0 Å². The topological polar surface area (TPSA) is 35.5 Å². The fraction of sp³-hybridized carbons (Fsp3) is 0.150. The summed E-state index contributed by atoms with van der Waals surface area (Å²) in [6, 6.07) is 17.5. The lowest BCUT2D eigenvalue weighted by Crippen LogP contribution is -2.18. The fourth-order valence-electron chi connectivity index (χ4n) is 2.61. The Morgan fingerprint density at radius 2 is 1.71 bits per heavy atom. The van der Waals surface area contributed by atoms with Crippen LogP contribution in [0.4, 0.5) is 0 Å². The summed E-state index contributed by atoms with van der Waals surface area (Å²) in [5, 5.41) is 2.15. The SMILES string of the molecule is Cc1cc(C)cc(OC(=O)COc2ccc3ccccc3c2Br)c1. The zero-order chi connectivity index (χ0) is 17.1. The number of carbonyl (C=O) groups is 1. The van der Waals surface area contributed by atoms with E-state index in [9.17, 15) is 4.79 Å². The average molecular weight is 385 g/mol. The Morgan fingerprint density at radius 3 is 2.46 bits per heavy atom. The van der Waals surface area contributed by atoms with Crippen molar-refractivity contribution in [2.75, 3.05) is 6.61 Å². The average Bonchev–Trinajstić information content (AvgIpc) is 2.53. The Balaban J connectivity index is 1.69. The lowest BCUT2D eigenvalue weighted by Gasteiger charge is -2.11. The van der Waals surface area contributed by atoms with Gasteiger partial charge in [0.15, 0.2) is 6.61 Å². The number of halogens is 1. The van der Waals surface area contributed by atoms with Crippen LogP contribution in [0.15, 0.2) is 59.1 Å². The highest BCUT2D eigenvalue weighted by Crippen LogP contribution is 2.33. The zero-order valence-electron chi connectivity index (χ0n) is 13.5. The minimum atomic E-state index is -0.431. The first-order chi connectivity index (χ1) is 11.5. The highest BCUT2D eigenvalue weighted by atomic mass is 79.9. The number of hydrogen-bond acceptors (Lipinski definition) is 3. The van der Waals surface area contributed by atoms with Gasteiger partial charge in [0.25, 0.3) is 0 Å². The van der Waals surface area contributed by atoms with E-state index in [1.54, 1.807) is 0 Å². The summed E-state index contributed by atoms with van der Waals surface area (Å²) in [5.41, 5.74) is 2.10. The largest absolute Gasteiger partial charge is 0.481 e. The number of benzene rings is 3. The summed E-state index contributed by atoms with van der Waals surface area (Å²) >= 11 is 3.54. The second-order valence-electron chi connectivity index (χ2n) is 5.68. The van der Waals surface area contributed by atoms with E-state index in [-0.39, 0.29) is 6.61 Å². The van der Waals surface area contributed by atoms with Gasteiger partial charge in [-0.25, -0.2) is 4.79 Å². The summed E-state index contributed by atoms with van der Waals surface area (Å²) in [7, 11) is 0. The van der Waals surface area contributed by atoms with Gasteiger partial charge >= 0.3 is 5.97 Å². The number of hydrogen-bond donors (Lipinski definition) is 0. The molecule has 0 amide bonds. The van der Waals surface area contributed by atoms with Crippen LogP contribution in [-0.4, -0.2) is 12.6 Å². The van der Waals surface area contributed by atoms with Gasteiger partial charge in [0.2, 0.25) is 0 Å². The quantitative estimate of drug-likeness (QED) is 0.457. The Morgan fingerprint density at radius 1 is 1.00 bits per heavy atom. The number of carbonyl (C=O) groups excluding carboxylic acids is 1. The molecule has 122 valence electrons. The molecule has 0 heterocycles. The van der Waals surface area contributed by atoms with E-state index >= 15 is 0 Å². The van der Waals surface area contributed by atoms with Crippen LogP contribution in [0.1, 0.15) is 11.1 Å². The van der Waals surface area contributed by atoms with E-state index in [0.717, 1.165) is 26.4 Å². The molecule has 0 aliphatic rings. The van der Waals surface area contributed by atoms with Gasteiger partial charge in [0, 0.05) is 0 Å². The molecule has 4 heteroatoms. The summed E-state index contributed by atoms with van der Waals surface area (Å²) in [6.45, 7) is 3.78. The standard InChI is InChI=1S/C20H17BrO3/c1-13-9-14(2)11-16(10-13)24-19(22)12-23-18-8-7-15-5-3-4-6-17(15)20(18)21/h3-11H,12H2,1-2H3. The number of aryl methyl sites for hydroxylation is 2. The maximum atomic E-state index is 12.0. The Hall–Kier alpha value is -2.33. The van der Waals surface area contributed by atoms with Crippen molar-refractivity contribution in [2.24, 2.45) is 0 Å². The van der Waals surface area contributed by atoms with Gasteiger partial charge in [-0.05, 0) is 69.9 Å². The Labute approximate surface area is 149 Å². The van der Waals surface area contributed by atoms with Crippen molar-refractivity contribution in [3.8, 4) is 11.5 Å². The third-order valence-corrected chi connectivity index (χ3v) is 4.42. The molecule has 0 saturated heterocycles. The smallest absolute Gasteiger partial charge is 0.349 e. The van der Waals surface area contributed by atoms with E-state index in [0.29, 0.717) is 11.5 Å². The van der Waals surface area contributed by atoms with Gasteiger partial charge in [0.05, 0.1) is 4.47 Å². The summed E-state index contributed by atoms with van der Waals surface area (Å²) in [6.07, 6.45) is 0. The zero-order valence-corrected chi connectivity index (χ0v) is 15.1. The van der Waals surface area contributed by atoms with Crippen LogP contribution in [-0.2, 0) is 4.79 Å². The van der Waals surface area contributed by atoms with Gasteiger partial charge < -0.3 is 9.47 Å². The fourth-order valence-corrected chi connectivity index (χ4v) is 3.22. The van der Waals surface area contributed by atoms with Crippen molar-refractivity contribution >= 4 is 32.7 Å². The van der Waals surface area contributed by atoms with Crippen LogP contribution >= 0.6 is 15.9 Å². The molecule has 24 heavy (non-hydrogen) atoms. The molecule has 0 aliphatic carbocycles. The molecule has 0 radical (unpaired) electrons. The number of esters is 1. The minimum Gasteiger partial charge on any atom is -0.481 e. The maximum absolute atomic E-state index is 12.0. The number of ether oxygens (including phenoxy) is 2. The van der Waals surface area contributed by atoms with Crippen LogP contribution in [0.2, 0.25) is 0 Å². The molecular weight excluding hydrogens is 368 g/mol. The van der Waals surface area contributed by atoms with Crippen molar-refractivity contribution in [2.45, 2.75) is 13.8 Å². The van der Waals surface area contributed by atoms with Crippen molar-refractivity contribution in [3.63, 3.8) is 0 Å². The Bertz CT molecular complexity index is 882. The number of rotatable bonds is 4. The minimum absolute atomic E-state index is 0.149. The molecule has 0 atom stereocenters. The molecule has 0 N–H and O–H groups in total. The van der Waals surface area contributed by atoms with Gasteiger partial charge in [-0.1, -0.05) is 36.4 Å². The van der Waals surface area contributed by atoms with Gasteiger partial charge in [-0.15, -0.1) is 0 Å². The summed E-state index contributed by atoms with van der Waals surface area (Å²) in [4.78, 5) is 12.0. The summed E-state index contributed by atoms with van der Waals surface area (Å²) < 4.78 is 11.8. The molecule has 0 aliphatic heterocycles. The molecule has 0 fully saturated rings. The Kier molecular flexibility index (Phi) is 4.86. The van der Waals surface area contributed by atoms with E-state index in [1.807, 2.05) is 68.4 Å². The second kappa shape index (κ2) is 7.05. The lowest BCUT2D eigenvalue weighted by atomic mass is 10.1. The predicted octanol–water partition coefficient (Wildman–Crippen LogP) is 5.20. The molecule has 3 aromatic carbocycles. The van der Waals surface area contributed by atoms with E-state index < -0.39 is 5.97 Å². The first-order valence-electron chi connectivity index (χ1n) is 7.62. The molecule has 0 saturated carbocycles. The van der Waals surface area contributed by atoms with Gasteiger partial charge in [-0.2, -0.15) is 0 Å². The normalized spacial score (nSPS) is 10.6. The van der Waals surface area contributed by atoms with Crippen LogP contribution < -0.4 is 9.47 Å². The molecule has 0 spiro atoms. The highest BCUT2D eigenvalue weighted by Gasteiger charge is 2.10. The van der Waals surface area contributed by atoms with Crippen molar-refractivity contribution in [1.82, 2.24) is 0 Å². The summed E-state index contributed by atoms with van der Waals surface area (Å²) in [5.74, 6) is 0.727. The molecule has 0 aromatic heterocycles. The van der Waals surface area contributed by atoms with E-state index in [4.69, 9.17) is 9.47 Å². The molecule has 0 bridgehead atoms. The van der Waals surface area contributed by atoms with Crippen molar-refractivity contribution in [3.05, 3.63) is 70.2 Å². The molecular formula is C20H17BrO3. The van der Waals surface area contributed by atoms with E-state index in [2.05, 4.69) is 15.9 Å². The predicted molar refractivity (Wildman–Crippen MR) is 98.7 cm³/mol. The van der Waals surface area contributed by atoms with Crippen molar-refractivity contribution < 1.29 is 14.3 Å². The number of fused-ring (bicyclic) bond motifs is 1. The first kappa shape index (κ1) is 16.5. The molecule has 3 rings (SSSR count). The lowest BCUT2D eigenvalue weighted by molar-refractivity contribution is -0.136. The third-order valence-electron chi connectivity index (χ3n) is 3.60. The van der Waals surface area contributed by atoms with Crippen LogP contribution in [0.25, 0.3) is 10.8 Å². The maximum Gasteiger partial charge on any atom is 0.349 e. The molecule has 3 nitrogen and oxygen atoms in total. The second-order valence-corrected chi connectivity index (χ2v) is 6.48. The van der Waals surface area contributed by atoms with Crippen LogP contribution in [0, 0.1) is 13.8 Å². The van der Waals surface area contributed by atoms with Gasteiger partial charge in [0.1, 0.15) is 11.5 Å². The molecule has 0 unspecified atom stereocenters. The first-order valence-corrected chi connectivity index (χ1v) is 8.41. The monoisotopic (exact) mass is 384 g/mol. The van der Waals surface area contributed by atoms with Gasteiger partial charge in [-0.3, -0.25) is 0 Å². The van der Waals surface area contributed by atoms with Crippen molar-refractivity contribution in [1.29, 1.82) is 0 Å². The molecule has 3 aromatic rings. The highest BCUT2D eigenvalue weighted by molar-refractivity contribution is 9.10. The third kappa shape index (κ3) is 3.77. The van der Waals surface area contributed by atoms with Crippen LogP contribution in [0.3, 0.4) is 0 Å².